The van der Waals surface area contributed by atoms with Crippen LogP contribution in [-0.2, 0) is 6.54 Å². The number of aryl methyl sites for hydroxylation is 1. The Kier molecular flexibility index (Phi) is 5.33. The highest BCUT2D eigenvalue weighted by Crippen LogP contribution is 2.24. The van der Waals surface area contributed by atoms with E-state index in [0.29, 0.717) is 37.0 Å². The van der Waals surface area contributed by atoms with Crippen LogP contribution in [0.25, 0.3) is 11.4 Å². The molecule has 3 aromatic rings. The van der Waals surface area contributed by atoms with E-state index in [4.69, 9.17) is 9.26 Å². The van der Waals surface area contributed by atoms with Gasteiger partial charge in [-0.1, -0.05) is 19.0 Å². The average Bonchev–Trinajstić information content (AvgIpc) is 3.48. The van der Waals surface area contributed by atoms with Gasteiger partial charge in [-0.2, -0.15) is 10.1 Å². The van der Waals surface area contributed by atoms with Crippen LogP contribution < -0.4 is 4.74 Å². The van der Waals surface area contributed by atoms with Gasteiger partial charge in [0, 0.05) is 37.2 Å². The lowest BCUT2D eigenvalue weighted by Gasteiger charge is -2.17. The summed E-state index contributed by atoms with van der Waals surface area (Å²) < 4.78 is 13.1. The number of hydrogen-bond acceptors (Lipinski definition) is 6. The maximum Gasteiger partial charge on any atom is 0.272 e. The minimum absolute atomic E-state index is 0.00358. The predicted octanol–water partition coefficient (Wildman–Crippen LogP) is 3.37. The van der Waals surface area contributed by atoms with Crippen molar-refractivity contribution in [1.82, 2.24) is 24.8 Å². The standard InChI is InChI=1S/C21H25N5O3/c1-4-26-18(9-11-22-26)21(27)25-12-10-17(13-25)28-16-7-5-15(6-8-16)19-23-20(14(2)3)29-24-19/h5-9,11,14,17H,4,10,12-13H2,1-3H3. The zero-order valence-corrected chi connectivity index (χ0v) is 16.9. The molecule has 1 unspecified atom stereocenters. The first kappa shape index (κ1) is 19.2. The predicted molar refractivity (Wildman–Crippen MR) is 107 cm³/mol. The Morgan fingerprint density at radius 2 is 2.07 bits per heavy atom. The molecule has 1 atom stereocenters. The molecule has 4 rings (SSSR count). The average molecular weight is 395 g/mol. The Morgan fingerprint density at radius 1 is 1.28 bits per heavy atom. The Bertz CT molecular complexity index is 976. The van der Waals surface area contributed by atoms with Crippen LogP contribution in [0.2, 0.25) is 0 Å². The molecule has 0 bridgehead atoms. The third-order valence-corrected chi connectivity index (χ3v) is 5.02. The lowest BCUT2D eigenvalue weighted by Crippen LogP contribution is -2.32. The van der Waals surface area contributed by atoms with Gasteiger partial charge in [-0.15, -0.1) is 0 Å². The van der Waals surface area contributed by atoms with E-state index < -0.39 is 0 Å². The zero-order valence-electron chi connectivity index (χ0n) is 16.9. The lowest BCUT2D eigenvalue weighted by molar-refractivity contribution is 0.0760. The van der Waals surface area contributed by atoms with Gasteiger partial charge in [-0.3, -0.25) is 9.48 Å². The lowest BCUT2D eigenvalue weighted by atomic mass is 10.2. The van der Waals surface area contributed by atoms with E-state index in [1.807, 2.05) is 49.9 Å². The van der Waals surface area contributed by atoms with E-state index in [1.54, 1.807) is 16.9 Å². The number of rotatable bonds is 6. The van der Waals surface area contributed by atoms with Crippen LogP contribution in [0.3, 0.4) is 0 Å². The second-order valence-corrected chi connectivity index (χ2v) is 7.45. The summed E-state index contributed by atoms with van der Waals surface area (Å²) >= 11 is 0. The van der Waals surface area contributed by atoms with Crippen LogP contribution in [0.4, 0.5) is 0 Å². The largest absolute Gasteiger partial charge is 0.489 e. The summed E-state index contributed by atoms with van der Waals surface area (Å²) in [5.41, 5.74) is 1.50. The van der Waals surface area contributed by atoms with Gasteiger partial charge in [0.1, 0.15) is 17.5 Å². The molecular formula is C21H25N5O3. The molecule has 1 saturated heterocycles. The van der Waals surface area contributed by atoms with Crippen molar-refractivity contribution in [1.29, 1.82) is 0 Å². The molecule has 0 N–H and O–H groups in total. The van der Waals surface area contributed by atoms with E-state index in [1.165, 1.54) is 0 Å². The molecule has 0 aliphatic carbocycles. The minimum atomic E-state index is -0.0273. The Labute approximate surface area is 169 Å². The first-order valence-corrected chi connectivity index (χ1v) is 9.97. The van der Waals surface area contributed by atoms with Crippen molar-refractivity contribution < 1.29 is 14.1 Å². The minimum Gasteiger partial charge on any atom is -0.489 e. The van der Waals surface area contributed by atoms with E-state index in [-0.39, 0.29) is 17.9 Å². The van der Waals surface area contributed by atoms with Gasteiger partial charge in [-0.05, 0) is 37.3 Å². The quantitative estimate of drug-likeness (QED) is 0.636. The summed E-state index contributed by atoms with van der Waals surface area (Å²) in [6.45, 7) is 7.92. The molecule has 2 aromatic heterocycles. The number of carbonyl (C=O) groups is 1. The molecule has 0 radical (unpaired) electrons. The number of benzene rings is 1. The first-order chi connectivity index (χ1) is 14.0. The van der Waals surface area contributed by atoms with Crippen LogP contribution in [0.1, 0.15) is 49.5 Å². The topological polar surface area (TPSA) is 86.3 Å². The summed E-state index contributed by atoms with van der Waals surface area (Å²) in [6.07, 6.45) is 2.44. The van der Waals surface area contributed by atoms with Gasteiger partial charge >= 0.3 is 0 Å². The van der Waals surface area contributed by atoms with E-state index in [9.17, 15) is 4.79 Å². The Balaban J connectivity index is 1.37. The van der Waals surface area contributed by atoms with E-state index >= 15 is 0 Å². The molecule has 3 heterocycles. The summed E-state index contributed by atoms with van der Waals surface area (Å²) in [5.74, 6) is 2.16. The highest BCUT2D eigenvalue weighted by atomic mass is 16.5. The number of amides is 1. The molecule has 8 nitrogen and oxygen atoms in total. The molecule has 1 aliphatic heterocycles. The van der Waals surface area contributed by atoms with Crippen molar-refractivity contribution in [2.45, 2.75) is 45.8 Å². The number of ether oxygens (including phenoxy) is 1. The monoisotopic (exact) mass is 395 g/mol. The van der Waals surface area contributed by atoms with Crippen LogP contribution in [0.5, 0.6) is 5.75 Å². The SMILES string of the molecule is CCn1nccc1C(=O)N1CCC(Oc2ccc(-c3noc(C(C)C)n3)cc2)C1. The highest BCUT2D eigenvalue weighted by molar-refractivity contribution is 5.92. The summed E-state index contributed by atoms with van der Waals surface area (Å²) in [4.78, 5) is 19.0. The fourth-order valence-corrected chi connectivity index (χ4v) is 3.40. The van der Waals surface area contributed by atoms with E-state index in [2.05, 4.69) is 15.2 Å². The maximum atomic E-state index is 12.7. The van der Waals surface area contributed by atoms with Crippen molar-refractivity contribution in [2.75, 3.05) is 13.1 Å². The number of aromatic nitrogens is 4. The zero-order chi connectivity index (χ0) is 20.4. The van der Waals surface area contributed by atoms with Gasteiger partial charge in [-0.25, -0.2) is 0 Å². The van der Waals surface area contributed by atoms with Crippen LogP contribution >= 0.6 is 0 Å². The molecule has 1 fully saturated rings. The van der Waals surface area contributed by atoms with Crippen molar-refractivity contribution in [2.24, 2.45) is 0 Å². The second-order valence-electron chi connectivity index (χ2n) is 7.45. The highest BCUT2D eigenvalue weighted by Gasteiger charge is 2.29. The molecular weight excluding hydrogens is 370 g/mol. The molecule has 8 heteroatoms. The molecule has 1 aromatic carbocycles. The van der Waals surface area contributed by atoms with Crippen molar-refractivity contribution >= 4 is 5.91 Å². The molecule has 152 valence electrons. The fraction of sp³-hybridized carbons (Fsp3) is 0.429. The van der Waals surface area contributed by atoms with Crippen LogP contribution in [0, 0.1) is 0 Å². The van der Waals surface area contributed by atoms with Gasteiger partial charge in [0.25, 0.3) is 5.91 Å². The number of hydrogen-bond donors (Lipinski definition) is 0. The summed E-state index contributed by atoms with van der Waals surface area (Å²) in [7, 11) is 0. The smallest absolute Gasteiger partial charge is 0.272 e. The molecule has 29 heavy (non-hydrogen) atoms. The summed E-state index contributed by atoms with van der Waals surface area (Å²) in [5, 5.41) is 8.21. The van der Waals surface area contributed by atoms with E-state index in [0.717, 1.165) is 17.7 Å². The maximum absolute atomic E-state index is 12.7. The van der Waals surface area contributed by atoms with Gasteiger partial charge in [0.15, 0.2) is 0 Å². The van der Waals surface area contributed by atoms with Gasteiger partial charge in [0.05, 0.1) is 6.54 Å². The Morgan fingerprint density at radius 3 is 2.76 bits per heavy atom. The van der Waals surface area contributed by atoms with Crippen molar-refractivity contribution in [3.05, 3.63) is 48.1 Å². The number of likely N-dealkylation sites (tertiary alicyclic amines) is 1. The molecule has 0 spiro atoms. The number of carbonyl (C=O) groups excluding carboxylic acids is 1. The fourth-order valence-electron chi connectivity index (χ4n) is 3.40. The van der Waals surface area contributed by atoms with Crippen LogP contribution in [0.15, 0.2) is 41.1 Å². The first-order valence-electron chi connectivity index (χ1n) is 9.97. The van der Waals surface area contributed by atoms with Gasteiger partial charge in [0.2, 0.25) is 11.7 Å². The van der Waals surface area contributed by atoms with Crippen LogP contribution in [-0.4, -0.2) is 49.9 Å². The molecule has 1 aliphatic rings. The Hall–Kier alpha value is -3.16. The third-order valence-electron chi connectivity index (χ3n) is 5.02. The summed E-state index contributed by atoms with van der Waals surface area (Å²) in [6, 6.07) is 9.40. The van der Waals surface area contributed by atoms with Crippen molar-refractivity contribution in [3.8, 4) is 17.1 Å². The third kappa shape index (κ3) is 4.01. The number of nitrogens with zero attached hydrogens (tertiary/aromatic N) is 5. The van der Waals surface area contributed by atoms with Gasteiger partial charge < -0.3 is 14.2 Å². The second kappa shape index (κ2) is 8.06. The molecule has 1 amide bonds. The molecule has 0 saturated carbocycles. The normalized spacial score (nSPS) is 16.6. The van der Waals surface area contributed by atoms with Crippen molar-refractivity contribution in [3.63, 3.8) is 0 Å².